The fourth-order valence-corrected chi connectivity index (χ4v) is 4.52. The molecule has 10 heteroatoms. The third-order valence-corrected chi connectivity index (χ3v) is 6.15. The highest BCUT2D eigenvalue weighted by Gasteiger charge is 2.33. The van der Waals surface area contributed by atoms with Crippen LogP contribution >= 0.6 is 0 Å². The first kappa shape index (κ1) is 20.5. The highest BCUT2D eigenvalue weighted by Crippen LogP contribution is 2.40. The van der Waals surface area contributed by atoms with Crippen LogP contribution in [0.3, 0.4) is 0 Å². The van der Waals surface area contributed by atoms with E-state index in [0.29, 0.717) is 21.7 Å². The van der Waals surface area contributed by atoms with Gasteiger partial charge in [0.15, 0.2) is 5.82 Å². The molecular weight excluding hydrogens is 427 g/mol. The number of carboxylic acid groups (broad SMARTS) is 1. The molecule has 0 fully saturated rings. The van der Waals surface area contributed by atoms with E-state index in [2.05, 4.69) is 0 Å². The molecule has 0 bridgehead atoms. The van der Waals surface area contributed by atoms with Crippen molar-refractivity contribution in [1.82, 2.24) is 4.72 Å². The van der Waals surface area contributed by atoms with Gasteiger partial charge < -0.3 is 15.3 Å². The van der Waals surface area contributed by atoms with Crippen LogP contribution in [0.1, 0.15) is 12.0 Å². The van der Waals surface area contributed by atoms with Crippen LogP contribution in [0.25, 0.3) is 21.9 Å². The van der Waals surface area contributed by atoms with Gasteiger partial charge in [0.1, 0.15) is 11.4 Å². The normalized spacial score (nSPS) is 15.0. The van der Waals surface area contributed by atoms with Crippen LogP contribution in [0, 0.1) is 5.82 Å². The fourth-order valence-electron chi connectivity index (χ4n) is 3.45. The Labute approximate surface area is 176 Å². The fraction of sp³-hybridized carbons (Fsp3) is 0.0952. The molecule has 0 saturated carbocycles. The second-order valence-corrected chi connectivity index (χ2v) is 8.55. The van der Waals surface area contributed by atoms with Crippen LogP contribution in [0.5, 0.6) is 5.75 Å². The molecule has 31 heavy (non-hydrogen) atoms. The molecule has 4 rings (SSSR count). The molecule has 0 spiro atoms. The Kier molecular flexibility index (Phi) is 4.94. The molecule has 1 heterocycles. The number of aromatic hydroxyl groups is 1. The summed E-state index contributed by atoms with van der Waals surface area (Å²) in [5, 5.41) is 29.0. The van der Waals surface area contributed by atoms with Crippen molar-refractivity contribution < 1.29 is 32.9 Å². The Bertz CT molecular complexity index is 1350. The molecule has 8 nitrogen and oxygen atoms in total. The van der Waals surface area contributed by atoms with Crippen LogP contribution in [-0.2, 0) is 21.4 Å². The molecular formula is C21H17FN2O6S. The van der Waals surface area contributed by atoms with E-state index < -0.39 is 39.3 Å². The lowest BCUT2D eigenvalue weighted by atomic mass is 9.98. The predicted octanol–water partition coefficient (Wildman–Crippen LogP) is 3.38. The highest BCUT2D eigenvalue weighted by molar-refractivity contribution is 7.91. The monoisotopic (exact) mass is 444 g/mol. The van der Waals surface area contributed by atoms with Gasteiger partial charge in [-0.25, -0.2) is 13.4 Å². The number of aliphatic hydroxyl groups is 1. The van der Waals surface area contributed by atoms with Gasteiger partial charge in [0, 0.05) is 11.8 Å². The van der Waals surface area contributed by atoms with E-state index in [0.717, 1.165) is 17.3 Å². The van der Waals surface area contributed by atoms with Gasteiger partial charge in [-0.15, -0.1) is 0 Å². The number of carbonyl (C=O) groups is 1. The summed E-state index contributed by atoms with van der Waals surface area (Å²) in [7, 11) is -4.29. The molecule has 0 atom stereocenters. The summed E-state index contributed by atoms with van der Waals surface area (Å²) in [6.07, 6.45) is 1.09. The molecule has 3 aromatic rings. The van der Waals surface area contributed by atoms with E-state index in [4.69, 9.17) is 5.11 Å². The molecule has 0 aliphatic carbocycles. The smallest absolute Gasteiger partial charge is 0.330 e. The number of fused-ring (bicyclic) bond motifs is 1. The van der Waals surface area contributed by atoms with Gasteiger partial charge in [0.2, 0.25) is 5.88 Å². The van der Waals surface area contributed by atoms with Gasteiger partial charge >= 0.3 is 16.2 Å². The maximum Gasteiger partial charge on any atom is 0.330 e. The lowest BCUT2D eigenvalue weighted by molar-refractivity contribution is -0.136. The van der Waals surface area contributed by atoms with Crippen molar-refractivity contribution in [3.05, 3.63) is 72.0 Å². The Morgan fingerprint density at radius 1 is 1.06 bits per heavy atom. The van der Waals surface area contributed by atoms with Crippen LogP contribution in [0.4, 0.5) is 10.1 Å². The molecule has 160 valence electrons. The number of benzene rings is 3. The number of nitrogens with zero attached hydrogens (tertiary/aromatic N) is 1. The number of aryl methyl sites for hydroxylation is 1. The Morgan fingerprint density at radius 3 is 2.48 bits per heavy atom. The summed E-state index contributed by atoms with van der Waals surface area (Å²) in [6, 6.07) is 13.2. The third-order valence-electron chi connectivity index (χ3n) is 4.87. The van der Waals surface area contributed by atoms with E-state index in [1.54, 1.807) is 41.1 Å². The molecule has 1 aliphatic heterocycles. The number of hydrogen-bond donors (Lipinski definition) is 4. The minimum Gasteiger partial charge on any atom is -0.506 e. The summed E-state index contributed by atoms with van der Waals surface area (Å²) in [5.41, 5.74) is 1.55. The van der Waals surface area contributed by atoms with Gasteiger partial charge in [0.25, 0.3) is 0 Å². The average Bonchev–Trinajstić information content (AvgIpc) is 2.98. The standard InChI is InChI=1S/C21H17FN2O6S/c22-20-16-9-14(13-3-1-2-12(8-13)4-7-19(27)28)5-6-15(16)10-17(25)21(20)24-11-18(26)23-31(24,29)30/h1-3,5-6,8-11,23,25-26H,4,7H2,(H,27,28). The quantitative estimate of drug-likeness (QED) is 0.478. The number of anilines is 1. The SMILES string of the molecule is O=C(O)CCc1cccc(-c2ccc3cc(O)c(N4C=C(O)NS4(=O)=O)c(F)c3c2)c1. The number of phenolic OH excluding ortho intramolecular Hbond substituents is 1. The second kappa shape index (κ2) is 7.47. The van der Waals surface area contributed by atoms with Crippen LogP contribution in [0.15, 0.2) is 60.6 Å². The number of aliphatic carboxylic acids is 1. The number of nitrogens with one attached hydrogen (secondary N) is 1. The minimum atomic E-state index is -4.29. The number of halogens is 1. The number of hydrogen-bond acceptors (Lipinski definition) is 5. The van der Waals surface area contributed by atoms with Crippen molar-refractivity contribution in [3.63, 3.8) is 0 Å². The summed E-state index contributed by atoms with van der Waals surface area (Å²) < 4.78 is 41.9. The zero-order chi connectivity index (χ0) is 22.3. The van der Waals surface area contributed by atoms with E-state index in [1.165, 1.54) is 12.1 Å². The van der Waals surface area contributed by atoms with Gasteiger partial charge in [-0.05, 0) is 40.6 Å². The summed E-state index contributed by atoms with van der Waals surface area (Å²) in [5.74, 6) is -3.19. The Hall–Kier alpha value is -3.79. The first-order valence-corrected chi connectivity index (χ1v) is 10.6. The van der Waals surface area contributed by atoms with Crippen molar-refractivity contribution in [1.29, 1.82) is 0 Å². The van der Waals surface area contributed by atoms with E-state index in [1.807, 2.05) is 0 Å². The van der Waals surface area contributed by atoms with Crippen molar-refractivity contribution in [2.45, 2.75) is 12.8 Å². The van der Waals surface area contributed by atoms with Crippen LogP contribution < -0.4 is 9.03 Å². The topological polar surface area (TPSA) is 127 Å². The van der Waals surface area contributed by atoms with E-state index in [-0.39, 0.29) is 11.8 Å². The molecule has 3 aromatic carbocycles. The second-order valence-electron chi connectivity index (χ2n) is 7.01. The first-order chi connectivity index (χ1) is 14.7. The molecule has 0 amide bonds. The lowest BCUT2D eigenvalue weighted by Gasteiger charge is -2.18. The van der Waals surface area contributed by atoms with Gasteiger partial charge in [-0.3, -0.25) is 4.79 Å². The van der Waals surface area contributed by atoms with Crippen molar-refractivity contribution >= 4 is 32.6 Å². The molecule has 0 unspecified atom stereocenters. The predicted molar refractivity (Wildman–Crippen MR) is 112 cm³/mol. The van der Waals surface area contributed by atoms with Crippen LogP contribution in [0.2, 0.25) is 0 Å². The zero-order valence-electron chi connectivity index (χ0n) is 15.9. The Balaban J connectivity index is 1.81. The summed E-state index contributed by atoms with van der Waals surface area (Å²) in [4.78, 5) is 10.8. The maximum absolute atomic E-state index is 15.4. The zero-order valence-corrected chi connectivity index (χ0v) is 16.7. The average molecular weight is 444 g/mol. The van der Waals surface area contributed by atoms with E-state index >= 15 is 4.39 Å². The van der Waals surface area contributed by atoms with Crippen molar-refractivity contribution in [2.24, 2.45) is 0 Å². The van der Waals surface area contributed by atoms with E-state index in [9.17, 15) is 23.4 Å². The number of rotatable bonds is 5. The van der Waals surface area contributed by atoms with Gasteiger partial charge in [-0.2, -0.15) is 8.42 Å². The number of aliphatic hydroxyl groups excluding tert-OH is 1. The number of phenols is 1. The summed E-state index contributed by atoms with van der Waals surface area (Å²) in [6.45, 7) is 0. The number of carboxylic acids is 1. The minimum absolute atomic E-state index is 0.0167. The maximum atomic E-state index is 15.4. The highest BCUT2D eigenvalue weighted by atomic mass is 32.2. The Morgan fingerprint density at radius 2 is 1.81 bits per heavy atom. The van der Waals surface area contributed by atoms with Gasteiger partial charge in [-0.1, -0.05) is 36.4 Å². The first-order valence-electron chi connectivity index (χ1n) is 9.15. The largest absolute Gasteiger partial charge is 0.506 e. The molecule has 0 aromatic heterocycles. The molecule has 0 radical (unpaired) electrons. The van der Waals surface area contributed by atoms with Crippen LogP contribution in [-0.4, -0.2) is 29.7 Å². The molecule has 0 saturated heterocycles. The summed E-state index contributed by atoms with van der Waals surface area (Å²) >= 11 is 0. The lowest BCUT2D eigenvalue weighted by Crippen LogP contribution is -2.30. The van der Waals surface area contributed by atoms with Crippen molar-refractivity contribution in [2.75, 3.05) is 4.31 Å². The van der Waals surface area contributed by atoms with Gasteiger partial charge in [0.05, 0.1) is 6.20 Å². The molecule has 1 aliphatic rings. The third kappa shape index (κ3) is 3.84. The van der Waals surface area contributed by atoms with Crippen molar-refractivity contribution in [3.8, 4) is 16.9 Å². The molecule has 4 N–H and O–H groups in total.